The first-order chi connectivity index (χ1) is 7.18. The summed E-state index contributed by atoms with van der Waals surface area (Å²) in [7, 11) is 0. The smallest absolute Gasteiger partial charge is 0.252 e. The van der Waals surface area contributed by atoms with Gasteiger partial charge >= 0.3 is 0 Å². The summed E-state index contributed by atoms with van der Waals surface area (Å²) in [6.07, 6.45) is 4.48. The van der Waals surface area contributed by atoms with Crippen LogP contribution in [-0.2, 0) is 0 Å². The largest absolute Gasteiger partial charge is 0.387 e. The van der Waals surface area contributed by atoms with Gasteiger partial charge in [-0.25, -0.2) is 9.97 Å². The van der Waals surface area contributed by atoms with Gasteiger partial charge in [0.2, 0.25) is 0 Å². The second kappa shape index (κ2) is 3.62. The number of thiocarbonyl (C=S) groups is 1. The summed E-state index contributed by atoms with van der Waals surface area (Å²) < 4.78 is 1.55. The van der Waals surface area contributed by atoms with Gasteiger partial charge in [0, 0.05) is 18.5 Å². The predicted octanol–water partition coefficient (Wildman–Crippen LogP) is -0.410. The van der Waals surface area contributed by atoms with Gasteiger partial charge in [0.1, 0.15) is 10.8 Å². The van der Waals surface area contributed by atoms with Crippen LogP contribution in [0.3, 0.4) is 0 Å². The van der Waals surface area contributed by atoms with Crippen molar-refractivity contribution in [3.63, 3.8) is 0 Å². The van der Waals surface area contributed by atoms with Gasteiger partial charge in [0.25, 0.3) is 5.56 Å². The molecule has 6 nitrogen and oxygen atoms in total. The average molecular weight is 221 g/mol. The Kier molecular flexibility index (Phi) is 2.30. The van der Waals surface area contributed by atoms with Crippen LogP contribution in [0, 0.1) is 0 Å². The van der Waals surface area contributed by atoms with E-state index < -0.39 is 0 Å². The van der Waals surface area contributed by atoms with Crippen LogP contribution in [-0.4, -0.2) is 24.5 Å². The highest BCUT2D eigenvalue weighted by Crippen LogP contribution is 2.04. The number of nitrogens with one attached hydrogen (secondary N) is 1. The van der Waals surface area contributed by atoms with Crippen molar-refractivity contribution in [3.8, 4) is 5.82 Å². The van der Waals surface area contributed by atoms with Gasteiger partial charge in [-0.2, -0.15) is 0 Å². The van der Waals surface area contributed by atoms with Crippen molar-refractivity contribution in [2.45, 2.75) is 0 Å². The Labute approximate surface area is 89.8 Å². The van der Waals surface area contributed by atoms with Crippen LogP contribution >= 0.6 is 12.2 Å². The molecule has 2 rings (SSSR count). The summed E-state index contributed by atoms with van der Waals surface area (Å²) in [6.45, 7) is 0. The molecule has 0 aromatic carbocycles. The molecule has 0 radical (unpaired) electrons. The van der Waals surface area contributed by atoms with Crippen LogP contribution in [0.5, 0.6) is 0 Å². The first kappa shape index (κ1) is 9.53. The van der Waals surface area contributed by atoms with Gasteiger partial charge in [-0.05, 0) is 0 Å². The molecular weight excluding hydrogens is 214 g/mol. The fourth-order valence-electron chi connectivity index (χ4n) is 1.16. The third kappa shape index (κ3) is 1.77. The standard InChI is InChI=1S/C8H7N5OS/c9-7(15)8-10-1-2-13(8)5-3-6(14)12-4-11-5/h1-4H,(H2,9,15)(H,11,12,14). The third-order valence-electron chi connectivity index (χ3n) is 1.77. The summed E-state index contributed by atoms with van der Waals surface area (Å²) in [5.41, 5.74) is 5.22. The van der Waals surface area contributed by atoms with Gasteiger partial charge in [-0.3, -0.25) is 9.36 Å². The van der Waals surface area contributed by atoms with Crippen molar-refractivity contribution < 1.29 is 0 Å². The molecule has 0 saturated carbocycles. The van der Waals surface area contributed by atoms with E-state index in [0.29, 0.717) is 11.6 Å². The lowest BCUT2D eigenvalue weighted by Gasteiger charge is -2.03. The maximum absolute atomic E-state index is 11.1. The van der Waals surface area contributed by atoms with Crippen molar-refractivity contribution >= 4 is 17.2 Å². The highest BCUT2D eigenvalue weighted by atomic mass is 32.1. The molecule has 2 heterocycles. The zero-order valence-corrected chi connectivity index (χ0v) is 8.36. The van der Waals surface area contributed by atoms with E-state index in [9.17, 15) is 4.79 Å². The van der Waals surface area contributed by atoms with Crippen molar-refractivity contribution in [2.24, 2.45) is 5.73 Å². The Morgan fingerprint density at radius 2 is 2.33 bits per heavy atom. The monoisotopic (exact) mass is 221 g/mol. The molecule has 2 aromatic heterocycles. The lowest BCUT2D eigenvalue weighted by atomic mass is 10.5. The van der Waals surface area contributed by atoms with Crippen LogP contribution in [0.2, 0.25) is 0 Å². The number of rotatable bonds is 2. The number of nitrogens with zero attached hydrogens (tertiary/aromatic N) is 3. The van der Waals surface area contributed by atoms with Crippen LogP contribution in [0.25, 0.3) is 5.82 Å². The van der Waals surface area contributed by atoms with Gasteiger partial charge in [0.05, 0.1) is 6.33 Å². The van der Waals surface area contributed by atoms with Crippen LogP contribution in [0.1, 0.15) is 5.82 Å². The number of aromatic amines is 1. The van der Waals surface area contributed by atoms with E-state index >= 15 is 0 Å². The molecule has 0 bridgehead atoms. The predicted molar refractivity (Wildman–Crippen MR) is 57.9 cm³/mol. The number of H-pyrrole nitrogens is 1. The minimum Gasteiger partial charge on any atom is -0.387 e. The molecule has 2 aromatic rings. The Morgan fingerprint density at radius 3 is 3.00 bits per heavy atom. The number of nitrogens with two attached hydrogens (primary N) is 1. The molecule has 0 amide bonds. The zero-order chi connectivity index (χ0) is 10.8. The fourth-order valence-corrected chi connectivity index (χ4v) is 1.31. The summed E-state index contributed by atoms with van der Waals surface area (Å²) in [4.78, 5) is 21.6. The van der Waals surface area contributed by atoms with Crippen LogP contribution in [0.4, 0.5) is 0 Å². The summed E-state index contributed by atoms with van der Waals surface area (Å²) in [5.74, 6) is 0.835. The van der Waals surface area contributed by atoms with E-state index in [0.717, 1.165) is 0 Å². The molecule has 0 saturated heterocycles. The zero-order valence-electron chi connectivity index (χ0n) is 7.54. The van der Waals surface area contributed by atoms with Crippen molar-refractivity contribution in [3.05, 3.63) is 41.0 Å². The molecular formula is C8H7N5OS. The second-order valence-electron chi connectivity index (χ2n) is 2.75. The van der Waals surface area contributed by atoms with Crippen molar-refractivity contribution in [2.75, 3.05) is 0 Å². The van der Waals surface area contributed by atoms with E-state index in [-0.39, 0.29) is 10.5 Å². The van der Waals surface area contributed by atoms with Crippen molar-refractivity contribution in [1.29, 1.82) is 0 Å². The number of hydrogen-bond donors (Lipinski definition) is 2. The highest BCUT2D eigenvalue weighted by molar-refractivity contribution is 7.80. The molecule has 0 aliphatic carbocycles. The van der Waals surface area contributed by atoms with Gasteiger partial charge < -0.3 is 10.7 Å². The molecule has 15 heavy (non-hydrogen) atoms. The molecule has 0 unspecified atom stereocenters. The Bertz CT molecular complexity index is 558. The molecule has 0 atom stereocenters. The molecule has 3 N–H and O–H groups in total. The van der Waals surface area contributed by atoms with E-state index in [4.69, 9.17) is 18.0 Å². The number of imidazole rings is 1. The summed E-state index contributed by atoms with van der Waals surface area (Å²) in [5, 5.41) is 0. The first-order valence-corrected chi connectivity index (χ1v) is 4.47. The quantitative estimate of drug-likeness (QED) is 0.673. The number of aromatic nitrogens is 4. The molecule has 0 aliphatic rings. The highest BCUT2D eigenvalue weighted by Gasteiger charge is 2.08. The molecule has 76 valence electrons. The van der Waals surface area contributed by atoms with E-state index in [1.165, 1.54) is 18.6 Å². The van der Waals surface area contributed by atoms with E-state index in [2.05, 4.69) is 15.0 Å². The second-order valence-corrected chi connectivity index (χ2v) is 3.19. The summed E-state index contributed by atoms with van der Waals surface area (Å²) >= 11 is 4.82. The minimum absolute atomic E-state index is 0.155. The van der Waals surface area contributed by atoms with E-state index in [1.807, 2.05) is 0 Å². The Morgan fingerprint density at radius 1 is 1.53 bits per heavy atom. The molecule has 7 heteroatoms. The van der Waals surface area contributed by atoms with Crippen LogP contribution in [0.15, 0.2) is 29.6 Å². The fraction of sp³-hybridized carbons (Fsp3) is 0. The lowest BCUT2D eigenvalue weighted by molar-refractivity contribution is 0.947. The average Bonchev–Trinajstić information content (AvgIpc) is 2.65. The summed E-state index contributed by atoms with van der Waals surface area (Å²) in [6, 6.07) is 1.34. The normalized spacial score (nSPS) is 10.1. The van der Waals surface area contributed by atoms with Gasteiger partial charge in [-0.15, -0.1) is 0 Å². The third-order valence-corrected chi connectivity index (χ3v) is 1.95. The Balaban J connectivity index is 2.59. The lowest BCUT2D eigenvalue weighted by Crippen LogP contribution is -2.18. The number of hydrogen-bond acceptors (Lipinski definition) is 4. The maximum atomic E-state index is 11.1. The maximum Gasteiger partial charge on any atom is 0.252 e. The van der Waals surface area contributed by atoms with Crippen LogP contribution < -0.4 is 11.3 Å². The first-order valence-electron chi connectivity index (χ1n) is 4.07. The molecule has 0 fully saturated rings. The van der Waals surface area contributed by atoms with Gasteiger partial charge in [0.15, 0.2) is 5.82 Å². The minimum atomic E-state index is -0.248. The topological polar surface area (TPSA) is 89.6 Å². The molecule has 0 aliphatic heterocycles. The van der Waals surface area contributed by atoms with Gasteiger partial charge in [-0.1, -0.05) is 12.2 Å². The van der Waals surface area contributed by atoms with Crippen molar-refractivity contribution in [1.82, 2.24) is 19.5 Å². The SMILES string of the molecule is NC(=S)c1nccn1-c1cc(=O)[nH]cn1. The molecule has 0 spiro atoms. The van der Waals surface area contributed by atoms with E-state index in [1.54, 1.807) is 10.8 Å². The Hall–Kier alpha value is -2.02.